The van der Waals surface area contributed by atoms with Crippen LogP contribution in [0.5, 0.6) is 0 Å². The van der Waals surface area contributed by atoms with Crippen LogP contribution in [0.2, 0.25) is 0 Å². The number of hydrogen-bond donors (Lipinski definition) is 2. The van der Waals surface area contributed by atoms with E-state index in [1.54, 1.807) is 12.5 Å². The molecule has 7 nitrogen and oxygen atoms in total. The Bertz CT molecular complexity index is 896. The molecule has 2 aromatic rings. The summed E-state index contributed by atoms with van der Waals surface area (Å²) in [6, 6.07) is 8.47. The van der Waals surface area contributed by atoms with Crippen LogP contribution in [0.4, 0.5) is 5.82 Å². The molecule has 1 fully saturated rings. The van der Waals surface area contributed by atoms with Crippen LogP contribution in [-0.4, -0.2) is 38.3 Å². The topological polar surface area (TPSA) is 96.9 Å². The maximum Gasteiger partial charge on any atom is 0.325 e. The van der Waals surface area contributed by atoms with Gasteiger partial charge in [0.1, 0.15) is 18.1 Å². The van der Waals surface area contributed by atoms with Gasteiger partial charge in [0, 0.05) is 18.5 Å². The van der Waals surface area contributed by atoms with E-state index in [0.717, 1.165) is 42.9 Å². The fourth-order valence-electron chi connectivity index (χ4n) is 4.33. The fraction of sp³-hybridized carbons (Fsp3) is 0.545. The standard InChI is InChI=1S/C22H32N3O4P/c1-4-23-22-21(16(3)29-5-2)24-15-25(22)20-12-10-19(11-13-20)18-8-6-17(7-9-18)14-30(26,27)28/h4,10-13,15-18H,5-9,14H2,1-3H3,(H2,26,27,28)/b23-4-. The van der Waals surface area contributed by atoms with Crippen molar-refractivity contribution in [2.75, 3.05) is 12.8 Å². The van der Waals surface area contributed by atoms with E-state index in [0.29, 0.717) is 12.5 Å². The number of imidazole rings is 1. The predicted molar refractivity (Wildman–Crippen MR) is 119 cm³/mol. The lowest BCUT2D eigenvalue weighted by Crippen LogP contribution is -2.16. The number of nitrogens with zero attached hydrogens (tertiary/aromatic N) is 3. The highest BCUT2D eigenvalue weighted by atomic mass is 31.2. The lowest BCUT2D eigenvalue weighted by atomic mass is 9.79. The van der Waals surface area contributed by atoms with Crippen LogP contribution in [0.1, 0.15) is 69.7 Å². The zero-order valence-corrected chi connectivity index (χ0v) is 18.8. The summed E-state index contributed by atoms with van der Waals surface area (Å²) in [5, 5.41) is 0. The molecule has 0 saturated heterocycles. The molecule has 1 aromatic carbocycles. The first-order valence-electron chi connectivity index (χ1n) is 10.6. The average molecular weight is 433 g/mol. The van der Waals surface area contributed by atoms with Crippen molar-refractivity contribution < 1.29 is 19.1 Å². The van der Waals surface area contributed by atoms with Crippen LogP contribution in [0.15, 0.2) is 35.6 Å². The van der Waals surface area contributed by atoms with E-state index in [2.05, 4.69) is 34.2 Å². The summed E-state index contributed by atoms with van der Waals surface area (Å²) in [4.78, 5) is 27.5. The third-order valence-electron chi connectivity index (χ3n) is 5.81. The Morgan fingerprint density at radius 2 is 1.93 bits per heavy atom. The molecule has 0 spiro atoms. The van der Waals surface area contributed by atoms with E-state index >= 15 is 0 Å². The predicted octanol–water partition coefficient (Wildman–Crippen LogP) is 5.14. The fourth-order valence-corrected chi connectivity index (χ4v) is 5.37. The van der Waals surface area contributed by atoms with Gasteiger partial charge in [-0.1, -0.05) is 12.1 Å². The summed E-state index contributed by atoms with van der Waals surface area (Å²) in [6.07, 6.45) is 7.11. The lowest BCUT2D eigenvalue weighted by Gasteiger charge is -2.29. The van der Waals surface area contributed by atoms with Gasteiger partial charge in [0.2, 0.25) is 0 Å². The zero-order valence-electron chi connectivity index (χ0n) is 17.9. The molecule has 164 valence electrons. The van der Waals surface area contributed by atoms with Crippen LogP contribution in [0.25, 0.3) is 5.69 Å². The van der Waals surface area contributed by atoms with Crippen LogP contribution < -0.4 is 0 Å². The number of benzene rings is 1. The molecule has 3 rings (SSSR count). The quantitative estimate of drug-likeness (QED) is 0.444. The maximum absolute atomic E-state index is 11.2. The third kappa shape index (κ3) is 5.67. The van der Waals surface area contributed by atoms with Gasteiger partial charge >= 0.3 is 7.60 Å². The second kappa shape index (κ2) is 10.0. The smallest absolute Gasteiger partial charge is 0.325 e. The minimum Gasteiger partial charge on any atom is -0.372 e. The van der Waals surface area contributed by atoms with E-state index < -0.39 is 7.60 Å². The van der Waals surface area contributed by atoms with Crippen LogP contribution in [0.3, 0.4) is 0 Å². The summed E-state index contributed by atoms with van der Waals surface area (Å²) in [7, 11) is -3.92. The zero-order chi connectivity index (χ0) is 21.7. The van der Waals surface area contributed by atoms with Crippen molar-refractivity contribution >= 4 is 19.6 Å². The van der Waals surface area contributed by atoms with E-state index in [-0.39, 0.29) is 18.2 Å². The summed E-state index contributed by atoms with van der Waals surface area (Å²) in [5.74, 6) is 1.35. The molecule has 2 N–H and O–H groups in total. The first-order valence-corrected chi connectivity index (χ1v) is 12.4. The van der Waals surface area contributed by atoms with Crippen molar-refractivity contribution in [1.82, 2.24) is 9.55 Å². The summed E-state index contributed by atoms with van der Waals surface area (Å²) in [6.45, 7) is 6.46. The average Bonchev–Trinajstić information content (AvgIpc) is 3.12. The first kappa shape index (κ1) is 22.9. The monoisotopic (exact) mass is 433 g/mol. The minimum atomic E-state index is -3.92. The molecule has 0 bridgehead atoms. The summed E-state index contributed by atoms with van der Waals surface area (Å²) >= 11 is 0. The summed E-state index contributed by atoms with van der Waals surface area (Å²) < 4.78 is 18.9. The molecule has 1 atom stereocenters. The molecule has 1 unspecified atom stereocenters. The number of hydrogen-bond acceptors (Lipinski definition) is 4. The molecule has 0 amide bonds. The summed E-state index contributed by atoms with van der Waals surface area (Å²) in [5.41, 5.74) is 3.09. The Kier molecular flexibility index (Phi) is 7.64. The molecule has 1 aliphatic carbocycles. The lowest BCUT2D eigenvalue weighted by molar-refractivity contribution is 0.0741. The largest absolute Gasteiger partial charge is 0.372 e. The van der Waals surface area contributed by atoms with Gasteiger partial charge in [0.25, 0.3) is 0 Å². The normalized spacial score (nSPS) is 21.2. The van der Waals surface area contributed by atoms with Gasteiger partial charge in [-0.2, -0.15) is 0 Å². The molecule has 1 aliphatic rings. The number of rotatable bonds is 8. The van der Waals surface area contributed by atoms with E-state index in [1.165, 1.54) is 5.56 Å². The van der Waals surface area contributed by atoms with Crippen LogP contribution in [-0.2, 0) is 9.30 Å². The second-order valence-corrected chi connectivity index (χ2v) is 9.66. The maximum atomic E-state index is 11.2. The highest BCUT2D eigenvalue weighted by Gasteiger charge is 2.27. The van der Waals surface area contributed by atoms with Gasteiger partial charge in [-0.3, -0.25) is 9.13 Å². The Balaban J connectivity index is 1.73. The number of aliphatic imine (C=N–C) groups is 1. The van der Waals surface area contributed by atoms with Gasteiger partial charge in [-0.05, 0) is 76.0 Å². The number of ether oxygens (including phenoxy) is 1. The minimum absolute atomic E-state index is 0.0164. The highest BCUT2D eigenvalue weighted by Crippen LogP contribution is 2.44. The third-order valence-corrected chi connectivity index (χ3v) is 6.80. The highest BCUT2D eigenvalue weighted by molar-refractivity contribution is 7.51. The second-order valence-electron chi connectivity index (χ2n) is 7.96. The molecular weight excluding hydrogens is 401 g/mol. The molecule has 1 saturated carbocycles. The van der Waals surface area contributed by atoms with Gasteiger partial charge < -0.3 is 14.5 Å². The molecular formula is C22H32N3O4P. The number of aromatic nitrogens is 2. The van der Waals surface area contributed by atoms with Crippen molar-refractivity contribution in [3.8, 4) is 5.69 Å². The Morgan fingerprint density at radius 1 is 1.27 bits per heavy atom. The van der Waals surface area contributed by atoms with Gasteiger partial charge in [0.15, 0.2) is 5.82 Å². The van der Waals surface area contributed by atoms with E-state index in [9.17, 15) is 14.4 Å². The Labute approximate surface area is 178 Å². The van der Waals surface area contributed by atoms with Gasteiger partial charge in [0.05, 0.1) is 6.16 Å². The molecule has 1 heterocycles. The van der Waals surface area contributed by atoms with Crippen molar-refractivity contribution in [2.45, 2.75) is 58.5 Å². The van der Waals surface area contributed by atoms with Crippen molar-refractivity contribution in [3.05, 3.63) is 41.9 Å². The SMILES string of the molecule is C/C=N\c1c(C(C)OCC)ncn1-c1ccc(C2CCC(CP(=O)(O)O)CC2)cc1. The van der Waals surface area contributed by atoms with Gasteiger partial charge in [-0.25, -0.2) is 9.98 Å². The Hall–Kier alpha value is -1.79. The molecule has 1 aromatic heterocycles. The molecule has 0 aliphatic heterocycles. The van der Waals surface area contributed by atoms with Crippen LogP contribution in [0, 0.1) is 5.92 Å². The first-order chi connectivity index (χ1) is 14.3. The van der Waals surface area contributed by atoms with Crippen molar-refractivity contribution in [3.63, 3.8) is 0 Å². The van der Waals surface area contributed by atoms with Crippen molar-refractivity contribution in [2.24, 2.45) is 10.9 Å². The van der Waals surface area contributed by atoms with E-state index in [1.807, 2.05) is 25.3 Å². The van der Waals surface area contributed by atoms with Crippen LogP contribution >= 0.6 is 7.60 Å². The Morgan fingerprint density at radius 3 is 2.50 bits per heavy atom. The van der Waals surface area contributed by atoms with Crippen molar-refractivity contribution in [1.29, 1.82) is 0 Å². The molecule has 0 radical (unpaired) electrons. The van der Waals surface area contributed by atoms with Gasteiger partial charge in [-0.15, -0.1) is 0 Å². The van der Waals surface area contributed by atoms with E-state index in [4.69, 9.17) is 4.74 Å². The molecule has 8 heteroatoms. The molecule has 30 heavy (non-hydrogen) atoms.